The summed E-state index contributed by atoms with van der Waals surface area (Å²) in [5.74, 6) is 0. The summed E-state index contributed by atoms with van der Waals surface area (Å²) in [6.45, 7) is 1.86. The topological polar surface area (TPSA) is 97.4 Å². The Morgan fingerprint density at radius 3 is 2.30 bits per heavy atom. The predicted molar refractivity (Wildman–Crippen MR) is 77.9 cm³/mol. The van der Waals surface area contributed by atoms with Gasteiger partial charge in [0.1, 0.15) is 0 Å². The fourth-order valence-corrected chi connectivity index (χ4v) is 2.04. The van der Waals surface area contributed by atoms with Gasteiger partial charge in [0.15, 0.2) is 0 Å². The SMILES string of the molecule is C/C(=N\Nc1ccc(S(N)(=O)=O)cc1)c1ccncc1. The van der Waals surface area contributed by atoms with E-state index >= 15 is 0 Å². The second-order valence-electron chi connectivity index (χ2n) is 4.11. The fraction of sp³-hybridized carbons (Fsp3) is 0.0769. The van der Waals surface area contributed by atoms with E-state index in [-0.39, 0.29) is 4.90 Å². The Morgan fingerprint density at radius 2 is 1.75 bits per heavy atom. The van der Waals surface area contributed by atoms with Crippen LogP contribution in [0.25, 0.3) is 0 Å². The summed E-state index contributed by atoms with van der Waals surface area (Å²) in [7, 11) is -3.66. The molecule has 2 aromatic rings. The molecule has 0 bridgehead atoms. The summed E-state index contributed by atoms with van der Waals surface area (Å²) in [4.78, 5) is 4.00. The highest BCUT2D eigenvalue weighted by Crippen LogP contribution is 2.13. The highest BCUT2D eigenvalue weighted by molar-refractivity contribution is 7.89. The van der Waals surface area contributed by atoms with Gasteiger partial charge in [-0.3, -0.25) is 10.4 Å². The van der Waals surface area contributed by atoms with Gasteiger partial charge in [-0.15, -0.1) is 0 Å². The summed E-state index contributed by atoms with van der Waals surface area (Å²) >= 11 is 0. The van der Waals surface area contributed by atoms with Crippen molar-refractivity contribution in [2.24, 2.45) is 10.2 Å². The number of hydrazone groups is 1. The van der Waals surface area contributed by atoms with Gasteiger partial charge in [0, 0.05) is 18.0 Å². The molecule has 3 N–H and O–H groups in total. The van der Waals surface area contributed by atoms with E-state index in [4.69, 9.17) is 5.14 Å². The van der Waals surface area contributed by atoms with Crippen LogP contribution in [-0.4, -0.2) is 19.1 Å². The zero-order chi connectivity index (χ0) is 14.6. The van der Waals surface area contributed by atoms with Crippen LogP contribution in [-0.2, 0) is 10.0 Å². The van der Waals surface area contributed by atoms with Crippen molar-refractivity contribution in [3.63, 3.8) is 0 Å². The first-order valence-corrected chi connectivity index (χ1v) is 7.35. The average Bonchev–Trinajstić information content (AvgIpc) is 2.45. The second kappa shape index (κ2) is 5.81. The van der Waals surface area contributed by atoms with Gasteiger partial charge in [0.05, 0.1) is 16.3 Å². The quantitative estimate of drug-likeness (QED) is 0.659. The van der Waals surface area contributed by atoms with Gasteiger partial charge in [-0.05, 0) is 43.3 Å². The van der Waals surface area contributed by atoms with Gasteiger partial charge < -0.3 is 0 Å². The van der Waals surface area contributed by atoms with Crippen LogP contribution in [0.5, 0.6) is 0 Å². The molecule has 6 nitrogen and oxygen atoms in total. The predicted octanol–water partition coefficient (Wildman–Crippen LogP) is 1.57. The number of aromatic nitrogens is 1. The van der Waals surface area contributed by atoms with Crippen molar-refractivity contribution in [1.29, 1.82) is 0 Å². The summed E-state index contributed by atoms with van der Waals surface area (Å²) in [5, 5.41) is 9.24. The molecular formula is C13H14N4O2S. The molecule has 0 spiro atoms. The Morgan fingerprint density at radius 1 is 1.15 bits per heavy atom. The van der Waals surface area contributed by atoms with E-state index in [2.05, 4.69) is 15.5 Å². The number of nitrogens with one attached hydrogen (secondary N) is 1. The van der Waals surface area contributed by atoms with E-state index in [1.165, 1.54) is 12.1 Å². The number of anilines is 1. The minimum atomic E-state index is -3.66. The summed E-state index contributed by atoms with van der Waals surface area (Å²) in [6.07, 6.45) is 3.38. The molecule has 0 saturated heterocycles. The molecule has 0 radical (unpaired) electrons. The molecular weight excluding hydrogens is 276 g/mol. The van der Waals surface area contributed by atoms with Crippen LogP contribution in [0.1, 0.15) is 12.5 Å². The maximum atomic E-state index is 11.1. The van der Waals surface area contributed by atoms with E-state index in [1.54, 1.807) is 24.5 Å². The van der Waals surface area contributed by atoms with Gasteiger partial charge in [0.25, 0.3) is 0 Å². The number of primary sulfonamides is 1. The minimum absolute atomic E-state index is 0.0675. The number of hydrogen-bond donors (Lipinski definition) is 2. The minimum Gasteiger partial charge on any atom is -0.278 e. The van der Waals surface area contributed by atoms with Gasteiger partial charge in [-0.2, -0.15) is 5.10 Å². The molecule has 0 fully saturated rings. The molecule has 1 aromatic heterocycles. The summed E-state index contributed by atoms with van der Waals surface area (Å²) in [5.41, 5.74) is 5.27. The first kappa shape index (κ1) is 14.2. The number of rotatable bonds is 4. The Kier molecular flexibility index (Phi) is 4.11. The molecule has 0 amide bonds. The molecule has 0 aliphatic rings. The van der Waals surface area contributed by atoms with E-state index in [0.29, 0.717) is 5.69 Å². The van der Waals surface area contributed by atoms with Crippen LogP contribution in [0.2, 0.25) is 0 Å². The maximum Gasteiger partial charge on any atom is 0.238 e. The Hall–Kier alpha value is -2.25. The highest BCUT2D eigenvalue weighted by Gasteiger charge is 2.06. The Bertz CT molecular complexity index is 710. The average molecular weight is 290 g/mol. The van der Waals surface area contributed by atoms with Crippen molar-refractivity contribution in [2.45, 2.75) is 11.8 Å². The molecule has 0 aliphatic heterocycles. The molecule has 20 heavy (non-hydrogen) atoms. The van der Waals surface area contributed by atoms with Gasteiger partial charge in [-0.25, -0.2) is 13.6 Å². The van der Waals surface area contributed by atoms with Gasteiger partial charge in [-0.1, -0.05) is 0 Å². The lowest BCUT2D eigenvalue weighted by Crippen LogP contribution is -2.11. The third-order valence-electron chi connectivity index (χ3n) is 2.63. The third-order valence-corrected chi connectivity index (χ3v) is 3.56. The van der Waals surface area contributed by atoms with Crippen molar-refractivity contribution in [3.05, 3.63) is 54.4 Å². The molecule has 104 valence electrons. The van der Waals surface area contributed by atoms with Gasteiger partial charge in [0.2, 0.25) is 10.0 Å². The lowest BCUT2D eigenvalue weighted by Gasteiger charge is -2.04. The van der Waals surface area contributed by atoms with Crippen molar-refractivity contribution >= 4 is 21.4 Å². The molecule has 1 aromatic carbocycles. The zero-order valence-corrected chi connectivity index (χ0v) is 11.6. The molecule has 0 atom stereocenters. The van der Waals surface area contributed by atoms with Crippen molar-refractivity contribution in [2.75, 3.05) is 5.43 Å². The fourth-order valence-electron chi connectivity index (χ4n) is 1.53. The summed E-state index contributed by atoms with van der Waals surface area (Å²) < 4.78 is 22.2. The van der Waals surface area contributed by atoms with Crippen LogP contribution < -0.4 is 10.6 Å². The number of sulfonamides is 1. The van der Waals surface area contributed by atoms with E-state index in [0.717, 1.165) is 11.3 Å². The first-order chi connectivity index (χ1) is 9.47. The van der Waals surface area contributed by atoms with Crippen molar-refractivity contribution < 1.29 is 8.42 Å². The van der Waals surface area contributed by atoms with Crippen LogP contribution in [0, 0.1) is 0 Å². The molecule has 2 rings (SSSR count). The Labute approximate surface area is 117 Å². The van der Waals surface area contributed by atoms with Crippen LogP contribution in [0.15, 0.2) is 58.8 Å². The second-order valence-corrected chi connectivity index (χ2v) is 5.68. The largest absolute Gasteiger partial charge is 0.278 e. The lowest BCUT2D eigenvalue weighted by molar-refractivity contribution is 0.598. The molecule has 0 saturated carbocycles. The smallest absolute Gasteiger partial charge is 0.238 e. The van der Waals surface area contributed by atoms with E-state index in [9.17, 15) is 8.42 Å². The van der Waals surface area contributed by atoms with E-state index < -0.39 is 10.0 Å². The third kappa shape index (κ3) is 3.62. The summed E-state index contributed by atoms with van der Waals surface area (Å²) in [6, 6.07) is 9.76. The molecule has 7 heteroatoms. The maximum absolute atomic E-state index is 11.1. The molecule has 1 heterocycles. The number of nitrogens with zero attached hydrogens (tertiary/aromatic N) is 2. The molecule has 0 unspecified atom stereocenters. The monoisotopic (exact) mass is 290 g/mol. The van der Waals surface area contributed by atoms with Gasteiger partial charge >= 0.3 is 0 Å². The van der Waals surface area contributed by atoms with E-state index in [1.807, 2.05) is 19.1 Å². The van der Waals surface area contributed by atoms with Crippen molar-refractivity contribution in [1.82, 2.24) is 4.98 Å². The normalized spacial score (nSPS) is 12.2. The number of benzene rings is 1. The number of hydrogen-bond acceptors (Lipinski definition) is 5. The first-order valence-electron chi connectivity index (χ1n) is 5.80. The van der Waals surface area contributed by atoms with Crippen LogP contribution in [0.4, 0.5) is 5.69 Å². The number of pyridine rings is 1. The highest BCUT2D eigenvalue weighted by atomic mass is 32.2. The standard InChI is InChI=1S/C13H14N4O2S/c1-10(11-6-8-15-9-7-11)16-17-12-2-4-13(5-3-12)20(14,18)19/h2-9,17H,1H3,(H2,14,18,19)/b16-10+. The zero-order valence-electron chi connectivity index (χ0n) is 10.8. The van der Waals surface area contributed by atoms with Crippen molar-refractivity contribution in [3.8, 4) is 0 Å². The molecule has 0 aliphatic carbocycles. The van der Waals surface area contributed by atoms with Crippen LogP contribution in [0.3, 0.4) is 0 Å². The lowest BCUT2D eigenvalue weighted by atomic mass is 10.2. The van der Waals surface area contributed by atoms with Crippen LogP contribution >= 0.6 is 0 Å². The number of nitrogens with two attached hydrogens (primary N) is 1. The Balaban J connectivity index is 2.12.